The molecule has 1 aliphatic rings. The molecule has 0 bridgehead atoms. The van der Waals surface area contributed by atoms with Crippen molar-refractivity contribution in [2.24, 2.45) is 0 Å². The summed E-state index contributed by atoms with van der Waals surface area (Å²) in [5.74, 6) is 0. The Morgan fingerprint density at radius 2 is 2.07 bits per heavy atom. The molecule has 15 heavy (non-hydrogen) atoms. The molecule has 0 saturated carbocycles. The Balaban J connectivity index is 0.000000404. The van der Waals surface area contributed by atoms with Gasteiger partial charge >= 0.3 is 0 Å². The summed E-state index contributed by atoms with van der Waals surface area (Å²) in [6.07, 6.45) is 5.74. The molecular formula is C13H18N2. The Bertz CT molecular complexity index is 469. The van der Waals surface area contributed by atoms with Crippen molar-refractivity contribution in [3.8, 4) is 0 Å². The van der Waals surface area contributed by atoms with E-state index >= 15 is 0 Å². The zero-order valence-electron chi connectivity index (χ0n) is 9.72. The van der Waals surface area contributed by atoms with Gasteiger partial charge < -0.3 is 0 Å². The minimum absolute atomic E-state index is 1.19. The van der Waals surface area contributed by atoms with Crippen molar-refractivity contribution in [1.82, 2.24) is 10.2 Å². The van der Waals surface area contributed by atoms with Crippen molar-refractivity contribution in [1.29, 1.82) is 0 Å². The van der Waals surface area contributed by atoms with Crippen LogP contribution in [0.5, 0.6) is 0 Å². The lowest BCUT2D eigenvalue weighted by atomic mass is 10.0. The van der Waals surface area contributed by atoms with Crippen LogP contribution < -0.4 is 0 Å². The zero-order chi connectivity index (χ0) is 10.8. The summed E-state index contributed by atoms with van der Waals surface area (Å²) in [5.41, 5.74) is 5.71. The highest BCUT2D eigenvalue weighted by atomic mass is 15.1. The lowest BCUT2D eigenvalue weighted by molar-refractivity contribution is 0.909. The lowest BCUT2D eigenvalue weighted by Crippen LogP contribution is -1.88. The van der Waals surface area contributed by atoms with E-state index in [1.54, 1.807) is 5.56 Å². The van der Waals surface area contributed by atoms with E-state index in [-0.39, 0.29) is 0 Å². The quantitative estimate of drug-likeness (QED) is 0.697. The molecule has 0 unspecified atom stereocenters. The number of hydrogen-bond donors (Lipinski definition) is 1. The summed E-state index contributed by atoms with van der Waals surface area (Å²) < 4.78 is 0. The molecule has 0 fully saturated rings. The van der Waals surface area contributed by atoms with Gasteiger partial charge in [-0.3, -0.25) is 5.10 Å². The summed E-state index contributed by atoms with van der Waals surface area (Å²) in [7, 11) is 0. The molecule has 2 nitrogen and oxygen atoms in total. The first kappa shape index (κ1) is 10.2. The van der Waals surface area contributed by atoms with Crippen molar-refractivity contribution in [2.75, 3.05) is 0 Å². The Labute approximate surface area is 90.7 Å². The summed E-state index contributed by atoms with van der Waals surface area (Å²) in [4.78, 5) is 0. The largest absolute Gasteiger partial charge is 0.278 e. The topological polar surface area (TPSA) is 28.7 Å². The van der Waals surface area contributed by atoms with Crippen molar-refractivity contribution in [3.05, 3.63) is 29.0 Å². The van der Waals surface area contributed by atoms with Crippen LogP contribution in [0.4, 0.5) is 0 Å². The number of fused-ring (bicyclic) bond motifs is 2. The van der Waals surface area contributed by atoms with Gasteiger partial charge in [0.15, 0.2) is 0 Å². The van der Waals surface area contributed by atoms with Crippen molar-refractivity contribution in [3.63, 3.8) is 0 Å². The molecule has 0 radical (unpaired) electrons. The monoisotopic (exact) mass is 202 g/mol. The third-order valence-corrected chi connectivity index (χ3v) is 3.10. The van der Waals surface area contributed by atoms with Crippen LogP contribution in [0.15, 0.2) is 12.3 Å². The van der Waals surface area contributed by atoms with Gasteiger partial charge in [-0.05, 0) is 48.9 Å². The summed E-state index contributed by atoms with van der Waals surface area (Å²) >= 11 is 0. The highest BCUT2D eigenvalue weighted by molar-refractivity contribution is 5.84. The van der Waals surface area contributed by atoms with E-state index < -0.39 is 0 Å². The number of aryl methyl sites for hydroxylation is 2. The maximum atomic E-state index is 4.08. The van der Waals surface area contributed by atoms with E-state index in [1.165, 1.54) is 41.3 Å². The van der Waals surface area contributed by atoms with Crippen LogP contribution in [0.2, 0.25) is 0 Å². The van der Waals surface area contributed by atoms with Crippen LogP contribution in [-0.2, 0) is 12.8 Å². The van der Waals surface area contributed by atoms with E-state index in [1.807, 2.05) is 20.0 Å². The van der Waals surface area contributed by atoms with Gasteiger partial charge in [0.2, 0.25) is 0 Å². The Morgan fingerprint density at radius 3 is 2.87 bits per heavy atom. The van der Waals surface area contributed by atoms with E-state index in [2.05, 4.69) is 23.2 Å². The number of H-pyrrole nitrogens is 1. The molecule has 1 aliphatic carbocycles. The highest BCUT2D eigenvalue weighted by Gasteiger charge is 2.15. The predicted octanol–water partition coefficient (Wildman–Crippen LogP) is 3.39. The molecule has 0 aliphatic heterocycles. The molecule has 2 aromatic rings. The zero-order valence-corrected chi connectivity index (χ0v) is 9.72. The van der Waals surface area contributed by atoms with Crippen molar-refractivity contribution >= 4 is 10.9 Å². The third-order valence-electron chi connectivity index (χ3n) is 3.10. The van der Waals surface area contributed by atoms with Crippen LogP contribution >= 0.6 is 0 Å². The van der Waals surface area contributed by atoms with E-state index in [0.29, 0.717) is 0 Å². The van der Waals surface area contributed by atoms with Gasteiger partial charge in [-0.25, -0.2) is 0 Å². The smallest absolute Gasteiger partial charge is 0.0655 e. The molecular weight excluding hydrogens is 184 g/mol. The fourth-order valence-electron chi connectivity index (χ4n) is 2.40. The molecule has 0 amide bonds. The van der Waals surface area contributed by atoms with Gasteiger partial charge in [-0.15, -0.1) is 0 Å². The number of nitrogens with one attached hydrogen (secondary N) is 1. The van der Waals surface area contributed by atoms with E-state index in [9.17, 15) is 0 Å². The fourth-order valence-corrected chi connectivity index (χ4v) is 2.40. The van der Waals surface area contributed by atoms with Gasteiger partial charge in [-0.1, -0.05) is 13.8 Å². The van der Waals surface area contributed by atoms with Crippen molar-refractivity contribution in [2.45, 2.75) is 40.0 Å². The summed E-state index contributed by atoms with van der Waals surface area (Å²) in [6.45, 7) is 6.21. The molecule has 1 aromatic carbocycles. The van der Waals surface area contributed by atoms with Gasteiger partial charge in [0, 0.05) is 5.39 Å². The summed E-state index contributed by atoms with van der Waals surface area (Å²) in [5, 5.41) is 8.41. The minimum Gasteiger partial charge on any atom is -0.278 e. The molecule has 1 heterocycles. The molecule has 1 aromatic heterocycles. The first-order chi connectivity index (χ1) is 7.36. The number of nitrogens with zero attached hydrogens (tertiary/aromatic N) is 1. The average molecular weight is 202 g/mol. The van der Waals surface area contributed by atoms with Gasteiger partial charge in [0.05, 0.1) is 11.7 Å². The van der Waals surface area contributed by atoms with Gasteiger partial charge in [0.25, 0.3) is 0 Å². The number of aromatic amines is 1. The van der Waals surface area contributed by atoms with Crippen LogP contribution in [-0.4, -0.2) is 10.2 Å². The fraction of sp³-hybridized carbons (Fsp3) is 0.462. The molecule has 3 rings (SSSR count). The molecule has 80 valence electrons. The highest BCUT2D eigenvalue weighted by Crippen LogP contribution is 2.30. The first-order valence-electron chi connectivity index (χ1n) is 5.80. The normalized spacial score (nSPS) is 13.5. The SMILES string of the molecule is CC.Cc1c2c(cc3[nH]ncc13)CCC2. The standard InChI is InChI=1S/C11H12N2.C2H6/c1-7-9-4-2-3-8(9)5-11-10(7)6-12-13-11;1-2/h5-6H,2-4H2,1H3,(H,12,13);1-2H3. The maximum Gasteiger partial charge on any atom is 0.0655 e. The Kier molecular flexibility index (Phi) is 2.76. The second-order valence-corrected chi connectivity index (χ2v) is 3.82. The maximum absolute atomic E-state index is 4.08. The predicted molar refractivity (Wildman–Crippen MR) is 64.2 cm³/mol. The first-order valence-corrected chi connectivity index (χ1v) is 5.80. The van der Waals surface area contributed by atoms with Crippen LogP contribution in [0.1, 0.15) is 37.0 Å². The second kappa shape index (κ2) is 4.05. The molecule has 0 atom stereocenters. The van der Waals surface area contributed by atoms with Gasteiger partial charge in [-0.2, -0.15) is 5.10 Å². The Hall–Kier alpha value is -1.31. The van der Waals surface area contributed by atoms with Crippen LogP contribution in [0, 0.1) is 6.92 Å². The third kappa shape index (κ3) is 1.54. The number of rotatable bonds is 0. The minimum atomic E-state index is 1.19. The average Bonchev–Trinajstić information content (AvgIpc) is 2.89. The molecule has 0 spiro atoms. The number of aromatic nitrogens is 2. The number of benzene rings is 1. The van der Waals surface area contributed by atoms with E-state index in [4.69, 9.17) is 0 Å². The molecule has 2 heteroatoms. The molecule has 1 N–H and O–H groups in total. The summed E-state index contributed by atoms with van der Waals surface area (Å²) in [6, 6.07) is 2.26. The van der Waals surface area contributed by atoms with Gasteiger partial charge in [0.1, 0.15) is 0 Å². The number of hydrogen-bond acceptors (Lipinski definition) is 1. The van der Waals surface area contributed by atoms with Crippen molar-refractivity contribution < 1.29 is 0 Å². The molecule has 0 saturated heterocycles. The lowest BCUT2D eigenvalue weighted by Gasteiger charge is -2.04. The van der Waals surface area contributed by atoms with Crippen LogP contribution in [0.25, 0.3) is 10.9 Å². The Morgan fingerprint density at radius 1 is 1.27 bits per heavy atom. The van der Waals surface area contributed by atoms with E-state index in [0.717, 1.165) is 0 Å². The second-order valence-electron chi connectivity index (χ2n) is 3.82. The van der Waals surface area contributed by atoms with Crippen LogP contribution in [0.3, 0.4) is 0 Å².